The first-order valence-corrected chi connectivity index (χ1v) is 6.75. The molecule has 19 heavy (non-hydrogen) atoms. The van der Waals surface area contributed by atoms with Crippen LogP contribution in [-0.4, -0.2) is 11.7 Å². The van der Waals surface area contributed by atoms with Gasteiger partial charge in [-0.05, 0) is 38.3 Å². The quantitative estimate of drug-likeness (QED) is 0.668. The number of hydrogen-bond donors (Lipinski definition) is 1. The largest absolute Gasteiger partial charge is 0.440 e. The van der Waals surface area contributed by atoms with Crippen molar-refractivity contribution in [2.75, 3.05) is 0 Å². The molecule has 3 heteroatoms. The molecule has 1 fully saturated rings. The summed E-state index contributed by atoms with van der Waals surface area (Å²) < 4.78 is 5.55. The molecule has 1 aromatic rings. The lowest BCUT2D eigenvalue weighted by Gasteiger charge is -2.38. The van der Waals surface area contributed by atoms with E-state index in [-0.39, 0.29) is 12.0 Å². The standard InChI is InChI=1S/C16H21NO2/c1-4-14-10-11-15(18)19-16(14,3)17-12(2)13-8-6-5-7-9-13/h4-9,12,17H,10-11H2,1-3H3/b14-4-/t12-,16+/m1/s1. The second-order valence-electron chi connectivity index (χ2n) is 5.10. The maximum absolute atomic E-state index is 11.6. The van der Waals surface area contributed by atoms with Gasteiger partial charge in [-0.1, -0.05) is 36.4 Å². The Balaban J connectivity index is 2.17. The van der Waals surface area contributed by atoms with E-state index in [1.54, 1.807) is 0 Å². The molecular formula is C16H21NO2. The van der Waals surface area contributed by atoms with Crippen molar-refractivity contribution >= 4 is 5.97 Å². The van der Waals surface area contributed by atoms with Crippen molar-refractivity contribution in [2.24, 2.45) is 0 Å². The molecule has 0 aliphatic carbocycles. The summed E-state index contributed by atoms with van der Waals surface area (Å²) in [5.74, 6) is -0.138. The highest BCUT2D eigenvalue weighted by Crippen LogP contribution is 2.31. The van der Waals surface area contributed by atoms with Gasteiger partial charge in [-0.15, -0.1) is 0 Å². The van der Waals surface area contributed by atoms with E-state index >= 15 is 0 Å². The van der Waals surface area contributed by atoms with Gasteiger partial charge in [0.15, 0.2) is 5.72 Å². The number of carbonyl (C=O) groups excluding carboxylic acids is 1. The molecule has 2 atom stereocenters. The smallest absolute Gasteiger partial charge is 0.308 e. The minimum Gasteiger partial charge on any atom is -0.440 e. The number of nitrogens with one attached hydrogen (secondary N) is 1. The zero-order valence-electron chi connectivity index (χ0n) is 11.8. The normalized spacial score (nSPS) is 27.1. The molecule has 1 aliphatic heterocycles. The van der Waals surface area contributed by atoms with Gasteiger partial charge in [0.1, 0.15) is 0 Å². The van der Waals surface area contributed by atoms with Gasteiger partial charge in [0.2, 0.25) is 0 Å². The van der Waals surface area contributed by atoms with Gasteiger partial charge in [-0.25, -0.2) is 0 Å². The summed E-state index contributed by atoms with van der Waals surface area (Å²) in [5, 5.41) is 3.43. The highest BCUT2D eigenvalue weighted by molar-refractivity contribution is 5.72. The molecule has 0 radical (unpaired) electrons. The van der Waals surface area contributed by atoms with E-state index in [1.165, 1.54) is 5.56 Å². The van der Waals surface area contributed by atoms with Gasteiger partial charge in [-0.3, -0.25) is 10.1 Å². The number of benzene rings is 1. The average Bonchev–Trinajstić information content (AvgIpc) is 2.39. The highest BCUT2D eigenvalue weighted by Gasteiger charge is 2.37. The zero-order chi connectivity index (χ0) is 13.9. The van der Waals surface area contributed by atoms with Crippen LogP contribution in [0.25, 0.3) is 0 Å². The van der Waals surface area contributed by atoms with Crippen LogP contribution in [0, 0.1) is 0 Å². The summed E-state index contributed by atoms with van der Waals surface area (Å²) in [6.45, 7) is 6.00. The summed E-state index contributed by atoms with van der Waals surface area (Å²) in [7, 11) is 0. The van der Waals surface area contributed by atoms with E-state index in [1.807, 2.05) is 38.1 Å². The minimum atomic E-state index is -0.695. The lowest BCUT2D eigenvalue weighted by Crippen LogP contribution is -2.51. The van der Waals surface area contributed by atoms with Crippen LogP contribution in [0.3, 0.4) is 0 Å². The summed E-state index contributed by atoms with van der Waals surface area (Å²) in [4.78, 5) is 11.6. The van der Waals surface area contributed by atoms with Crippen LogP contribution in [0.2, 0.25) is 0 Å². The van der Waals surface area contributed by atoms with E-state index in [2.05, 4.69) is 24.4 Å². The van der Waals surface area contributed by atoms with E-state index in [0.29, 0.717) is 6.42 Å². The second kappa shape index (κ2) is 5.57. The van der Waals surface area contributed by atoms with Crippen molar-refractivity contribution < 1.29 is 9.53 Å². The Morgan fingerprint density at radius 3 is 2.63 bits per heavy atom. The number of allylic oxidation sites excluding steroid dienone is 1. The Morgan fingerprint density at radius 2 is 2.00 bits per heavy atom. The topological polar surface area (TPSA) is 38.3 Å². The fourth-order valence-corrected chi connectivity index (χ4v) is 2.60. The fraction of sp³-hybridized carbons (Fsp3) is 0.438. The van der Waals surface area contributed by atoms with Crippen molar-refractivity contribution in [3.63, 3.8) is 0 Å². The molecule has 1 heterocycles. The molecule has 102 valence electrons. The molecule has 2 rings (SSSR count). The molecule has 1 aliphatic rings. The lowest BCUT2D eigenvalue weighted by molar-refractivity contribution is -0.162. The molecule has 1 saturated heterocycles. The predicted molar refractivity (Wildman–Crippen MR) is 75.5 cm³/mol. The number of cyclic esters (lactones) is 1. The van der Waals surface area contributed by atoms with Crippen molar-refractivity contribution in [1.29, 1.82) is 0 Å². The van der Waals surface area contributed by atoms with Gasteiger partial charge in [-0.2, -0.15) is 0 Å². The molecule has 0 unspecified atom stereocenters. The van der Waals surface area contributed by atoms with Crippen LogP contribution in [0.15, 0.2) is 42.0 Å². The zero-order valence-corrected chi connectivity index (χ0v) is 11.8. The average molecular weight is 259 g/mol. The van der Waals surface area contributed by atoms with Gasteiger partial charge in [0.25, 0.3) is 0 Å². The third-order valence-electron chi connectivity index (χ3n) is 3.67. The molecule has 0 amide bonds. The summed E-state index contributed by atoms with van der Waals surface area (Å²) >= 11 is 0. The van der Waals surface area contributed by atoms with E-state index < -0.39 is 5.72 Å². The van der Waals surface area contributed by atoms with Gasteiger partial charge in [0, 0.05) is 12.5 Å². The molecule has 1 N–H and O–H groups in total. The Morgan fingerprint density at radius 1 is 1.32 bits per heavy atom. The summed E-state index contributed by atoms with van der Waals surface area (Å²) in [6.07, 6.45) is 3.27. The van der Waals surface area contributed by atoms with E-state index in [4.69, 9.17) is 4.74 Å². The highest BCUT2D eigenvalue weighted by atomic mass is 16.6. The third-order valence-corrected chi connectivity index (χ3v) is 3.67. The minimum absolute atomic E-state index is 0.118. The molecule has 0 aromatic heterocycles. The van der Waals surface area contributed by atoms with Crippen LogP contribution in [0.4, 0.5) is 0 Å². The number of rotatable bonds is 3. The van der Waals surface area contributed by atoms with Crippen molar-refractivity contribution in [2.45, 2.75) is 45.4 Å². The first-order valence-electron chi connectivity index (χ1n) is 6.75. The monoisotopic (exact) mass is 259 g/mol. The molecule has 3 nitrogen and oxygen atoms in total. The van der Waals surface area contributed by atoms with Crippen LogP contribution < -0.4 is 5.32 Å². The predicted octanol–water partition coefficient (Wildman–Crippen LogP) is 3.34. The first kappa shape index (κ1) is 13.8. The van der Waals surface area contributed by atoms with E-state index in [0.717, 1.165) is 12.0 Å². The Bertz CT molecular complexity index is 481. The van der Waals surface area contributed by atoms with E-state index in [9.17, 15) is 4.79 Å². The summed E-state index contributed by atoms with van der Waals surface area (Å²) in [6, 6.07) is 10.3. The Labute approximate surface area is 114 Å². The molecule has 0 bridgehead atoms. The molecule has 0 spiro atoms. The van der Waals surface area contributed by atoms with Crippen molar-refractivity contribution in [3.8, 4) is 0 Å². The maximum atomic E-state index is 11.6. The number of carbonyl (C=O) groups is 1. The van der Waals surface area contributed by atoms with Gasteiger partial charge < -0.3 is 4.74 Å². The van der Waals surface area contributed by atoms with Crippen LogP contribution in [0.1, 0.15) is 45.2 Å². The number of esters is 1. The fourth-order valence-electron chi connectivity index (χ4n) is 2.60. The lowest BCUT2D eigenvalue weighted by atomic mass is 9.94. The second-order valence-corrected chi connectivity index (χ2v) is 5.10. The Hall–Kier alpha value is -1.61. The SMILES string of the molecule is C/C=C1/CCC(=O)O[C@]1(C)N[C@H](C)c1ccccc1. The molecule has 0 saturated carbocycles. The van der Waals surface area contributed by atoms with Crippen LogP contribution in [-0.2, 0) is 9.53 Å². The first-order chi connectivity index (χ1) is 9.05. The van der Waals surface area contributed by atoms with Gasteiger partial charge >= 0.3 is 5.97 Å². The Kier molecular flexibility index (Phi) is 4.05. The molecule has 1 aromatic carbocycles. The van der Waals surface area contributed by atoms with Crippen LogP contribution >= 0.6 is 0 Å². The number of hydrogen-bond acceptors (Lipinski definition) is 3. The van der Waals surface area contributed by atoms with Crippen molar-refractivity contribution in [3.05, 3.63) is 47.5 Å². The maximum Gasteiger partial charge on any atom is 0.308 e. The molecular weight excluding hydrogens is 238 g/mol. The number of ether oxygens (including phenoxy) is 1. The van der Waals surface area contributed by atoms with Gasteiger partial charge in [0.05, 0.1) is 0 Å². The van der Waals surface area contributed by atoms with Crippen molar-refractivity contribution in [1.82, 2.24) is 5.32 Å². The summed E-state index contributed by atoms with van der Waals surface area (Å²) in [5.41, 5.74) is 1.62. The third kappa shape index (κ3) is 3.04. The van der Waals surface area contributed by atoms with Crippen LogP contribution in [0.5, 0.6) is 0 Å².